The van der Waals surface area contributed by atoms with Crippen molar-refractivity contribution in [1.82, 2.24) is 4.31 Å². The van der Waals surface area contributed by atoms with Crippen LogP contribution in [0.5, 0.6) is 0 Å². The Hall–Kier alpha value is -0.760. The summed E-state index contributed by atoms with van der Waals surface area (Å²) < 4.78 is 50.6. The minimum absolute atomic E-state index is 0.00376. The van der Waals surface area contributed by atoms with Gasteiger partial charge in [0.1, 0.15) is 11.1 Å². The molecule has 0 aliphatic heterocycles. The predicted octanol–water partition coefficient (Wildman–Crippen LogP) is 2.16. The van der Waals surface area contributed by atoms with Crippen LogP contribution in [0.15, 0.2) is 0 Å². The smallest absolute Gasteiger partial charge is 0.424 e. The van der Waals surface area contributed by atoms with E-state index in [-0.39, 0.29) is 17.1 Å². The summed E-state index contributed by atoms with van der Waals surface area (Å²) in [5.74, 6) is 0. The van der Waals surface area contributed by atoms with Crippen LogP contribution in [-0.2, 0) is 16.0 Å². The van der Waals surface area contributed by atoms with Gasteiger partial charge in [0, 0.05) is 0 Å². The van der Waals surface area contributed by atoms with E-state index in [1.807, 2.05) is 0 Å². The molecule has 1 fully saturated rings. The summed E-state index contributed by atoms with van der Waals surface area (Å²) in [5, 5.41) is 0. The number of hydrogen-bond donors (Lipinski definition) is 1. The zero-order valence-corrected chi connectivity index (χ0v) is 10.6. The van der Waals surface area contributed by atoms with Crippen molar-refractivity contribution in [2.24, 2.45) is 0 Å². The first kappa shape index (κ1) is 14.3. The molecule has 0 aromatic heterocycles. The summed E-state index contributed by atoms with van der Waals surface area (Å²) >= 11 is -2.82. The quantitative estimate of drug-likeness (QED) is 0.799. The second-order valence-electron chi connectivity index (χ2n) is 4.91. The molecule has 1 amide bonds. The van der Waals surface area contributed by atoms with E-state index in [2.05, 4.69) is 0 Å². The Morgan fingerprint density at radius 2 is 1.94 bits per heavy atom. The first-order chi connectivity index (χ1) is 7.60. The maximum atomic E-state index is 12.8. The molecule has 1 aliphatic carbocycles. The van der Waals surface area contributed by atoms with Gasteiger partial charge < -0.3 is 4.74 Å². The zero-order chi connectivity index (χ0) is 13.4. The maximum Gasteiger partial charge on any atom is 0.424 e. The molecule has 1 aliphatic rings. The topological polar surface area (TPSA) is 66.8 Å². The molecule has 1 saturated carbocycles. The number of carbonyl (C=O) groups is 1. The van der Waals surface area contributed by atoms with Crippen LogP contribution >= 0.6 is 0 Å². The van der Waals surface area contributed by atoms with Crippen LogP contribution in [0.1, 0.15) is 33.6 Å². The molecular weight excluding hydrogens is 256 g/mol. The molecule has 17 heavy (non-hydrogen) atoms. The molecule has 0 saturated heterocycles. The molecule has 8 heteroatoms. The Labute approximate surface area is 101 Å². The molecule has 0 heterocycles. The van der Waals surface area contributed by atoms with E-state index in [1.165, 1.54) is 0 Å². The van der Waals surface area contributed by atoms with E-state index >= 15 is 0 Å². The highest BCUT2D eigenvalue weighted by atomic mass is 32.2. The fourth-order valence-corrected chi connectivity index (χ4v) is 2.08. The lowest BCUT2D eigenvalue weighted by molar-refractivity contribution is 0.00324. The number of rotatable bonds is 3. The monoisotopic (exact) mass is 271 g/mol. The lowest BCUT2D eigenvalue weighted by Gasteiger charge is -2.29. The Morgan fingerprint density at radius 3 is 2.18 bits per heavy atom. The van der Waals surface area contributed by atoms with Crippen molar-refractivity contribution in [3.8, 4) is 0 Å². The normalized spacial score (nSPS) is 19.9. The summed E-state index contributed by atoms with van der Waals surface area (Å²) in [4.78, 5) is 11.6. The van der Waals surface area contributed by atoms with Crippen LogP contribution in [0.25, 0.3) is 0 Å². The van der Waals surface area contributed by atoms with E-state index in [0.29, 0.717) is 0 Å². The van der Waals surface area contributed by atoms with Gasteiger partial charge in [-0.2, -0.15) is 4.31 Å². The number of ether oxygens (including phenoxy) is 1. The van der Waals surface area contributed by atoms with Crippen molar-refractivity contribution in [2.75, 3.05) is 0 Å². The maximum absolute atomic E-state index is 12.8. The Kier molecular flexibility index (Phi) is 3.78. The minimum atomic E-state index is -2.87. The summed E-state index contributed by atoms with van der Waals surface area (Å²) in [7, 11) is 0. The van der Waals surface area contributed by atoms with Gasteiger partial charge in [0.05, 0.1) is 0 Å². The number of carbonyl (C=O) groups excluding carboxylic acids is 1. The Morgan fingerprint density at radius 1 is 1.47 bits per heavy atom. The van der Waals surface area contributed by atoms with E-state index in [0.717, 1.165) is 0 Å². The molecule has 1 N–H and O–H groups in total. The fourth-order valence-electron chi connectivity index (χ4n) is 1.34. The Balaban J connectivity index is 2.88. The molecule has 0 aromatic carbocycles. The molecule has 100 valence electrons. The lowest BCUT2D eigenvalue weighted by atomic mass is 10.2. The van der Waals surface area contributed by atoms with E-state index in [4.69, 9.17) is 9.29 Å². The van der Waals surface area contributed by atoms with Gasteiger partial charge in [-0.25, -0.2) is 17.8 Å². The average Bonchev–Trinajstić information content (AvgIpc) is 2.80. The van der Waals surface area contributed by atoms with Gasteiger partial charge in [0.25, 0.3) is 17.7 Å². The molecule has 1 atom stereocenters. The molecule has 1 rings (SSSR count). The average molecular weight is 271 g/mol. The number of hydrogen-bond acceptors (Lipinski definition) is 3. The van der Waals surface area contributed by atoms with Crippen LogP contribution in [0.3, 0.4) is 0 Å². The molecule has 0 bridgehead atoms. The van der Waals surface area contributed by atoms with Crippen molar-refractivity contribution < 1.29 is 27.1 Å². The van der Waals surface area contributed by atoms with Crippen molar-refractivity contribution in [3.05, 3.63) is 0 Å². The summed E-state index contributed by atoms with van der Waals surface area (Å²) in [5.41, 5.74) is -2.76. The molecule has 1 unspecified atom stereocenters. The SMILES string of the molecule is CC(C)(C)OC(=O)N(S(=O)O)C1(C(F)F)CC1. The number of amides is 1. The standard InChI is InChI=1S/C9H15F2NO4S/c1-8(2,3)16-7(13)12(17(14)15)9(4-5-9)6(10)11/h6H,4-5H2,1-3H3,(H,14,15). The van der Waals surface area contributed by atoms with Crippen LogP contribution in [0.4, 0.5) is 13.6 Å². The third-order valence-electron chi connectivity index (χ3n) is 2.29. The van der Waals surface area contributed by atoms with E-state index < -0.39 is 34.9 Å². The van der Waals surface area contributed by atoms with E-state index in [9.17, 15) is 17.8 Å². The molecule has 0 radical (unpaired) electrons. The summed E-state index contributed by atoms with van der Waals surface area (Å²) in [6.07, 6.45) is -4.07. The molecule has 0 spiro atoms. The van der Waals surface area contributed by atoms with Crippen LogP contribution in [0, 0.1) is 0 Å². The van der Waals surface area contributed by atoms with Gasteiger partial charge in [-0.15, -0.1) is 0 Å². The van der Waals surface area contributed by atoms with Crippen molar-refractivity contribution in [1.29, 1.82) is 0 Å². The van der Waals surface area contributed by atoms with Gasteiger partial charge in [-0.1, -0.05) is 0 Å². The highest BCUT2D eigenvalue weighted by Gasteiger charge is 2.61. The summed E-state index contributed by atoms with van der Waals surface area (Å²) in [6, 6.07) is 0. The first-order valence-corrected chi connectivity index (χ1v) is 6.09. The van der Waals surface area contributed by atoms with Crippen molar-refractivity contribution in [3.63, 3.8) is 0 Å². The predicted molar refractivity (Wildman–Crippen MR) is 56.8 cm³/mol. The highest BCUT2D eigenvalue weighted by Crippen LogP contribution is 2.47. The molecule has 5 nitrogen and oxygen atoms in total. The largest absolute Gasteiger partial charge is 0.443 e. The van der Waals surface area contributed by atoms with Gasteiger partial charge in [0.2, 0.25) is 0 Å². The number of halogens is 2. The number of alkyl halides is 2. The van der Waals surface area contributed by atoms with Gasteiger partial charge in [0.15, 0.2) is 0 Å². The zero-order valence-electron chi connectivity index (χ0n) is 9.77. The van der Waals surface area contributed by atoms with Crippen molar-refractivity contribution in [2.45, 2.75) is 51.2 Å². The van der Waals surface area contributed by atoms with Crippen molar-refractivity contribution >= 4 is 17.4 Å². The second kappa shape index (κ2) is 4.49. The second-order valence-corrected chi connectivity index (χ2v) is 5.74. The van der Waals surface area contributed by atoms with Crippen LogP contribution in [0.2, 0.25) is 0 Å². The highest BCUT2D eigenvalue weighted by molar-refractivity contribution is 7.77. The Bertz CT molecular complexity index is 338. The molecule has 0 aromatic rings. The summed E-state index contributed by atoms with van der Waals surface area (Å²) in [6.45, 7) is 4.64. The van der Waals surface area contributed by atoms with Gasteiger partial charge >= 0.3 is 6.09 Å². The van der Waals surface area contributed by atoms with Gasteiger partial charge in [-0.3, -0.25) is 4.55 Å². The van der Waals surface area contributed by atoms with Gasteiger partial charge in [-0.05, 0) is 33.6 Å². The fraction of sp³-hybridized carbons (Fsp3) is 0.889. The first-order valence-electron chi connectivity index (χ1n) is 5.02. The van der Waals surface area contributed by atoms with Crippen LogP contribution < -0.4 is 0 Å². The molecular formula is C9H15F2NO4S. The number of nitrogens with zero attached hydrogens (tertiary/aromatic N) is 1. The van der Waals surface area contributed by atoms with Crippen LogP contribution in [-0.4, -0.2) is 36.7 Å². The lowest BCUT2D eigenvalue weighted by Crippen LogP contribution is -2.49. The van der Waals surface area contributed by atoms with E-state index in [1.54, 1.807) is 20.8 Å². The third kappa shape index (κ3) is 3.12. The third-order valence-corrected chi connectivity index (χ3v) is 3.11. The minimum Gasteiger partial charge on any atom is -0.443 e.